The number of nitrogens with two attached hydrogens (primary N) is 1. The maximum absolute atomic E-state index is 5.40. The number of anilines is 1. The highest BCUT2D eigenvalue weighted by Gasteiger charge is 2.28. The van der Waals surface area contributed by atoms with Crippen molar-refractivity contribution in [2.45, 2.75) is 45.7 Å². The molecule has 0 aromatic carbocycles. The van der Waals surface area contributed by atoms with E-state index >= 15 is 0 Å². The van der Waals surface area contributed by atoms with E-state index in [0.29, 0.717) is 5.82 Å². The first-order valence-electron chi connectivity index (χ1n) is 6.28. The molecule has 1 heterocycles. The van der Waals surface area contributed by atoms with E-state index in [1.165, 1.54) is 19.3 Å². The zero-order chi connectivity index (χ0) is 12.3. The third-order valence-corrected chi connectivity index (χ3v) is 2.97. The van der Waals surface area contributed by atoms with Gasteiger partial charge in [0, 0.05) is 17.8 Å². The van der Waals surface area contributed by atoms with Crippen LogP contribution >= 0.6 is 0 Å². The highest BCUT2D eigenvalue weighted by molar-refractivity contribution is 5.33. The van der Waals surface area contributed by atoms with Crippen LogP contribution in [-0.2, 0) is 6.54 Å². The molecule has 3 N–H and O–H groups in total. The van der Waals surface area contributed by atoms with Crippen LogP contribution in [0.4, 0.5) is 5.82 Å². The summed E-state index contributed by atoms with van der Waals surface area (Å²) >= 11 is 0. The van der Waals surface area contributed by atoms with Crippen LogP contribution in [0.25, 0.3) is 0 Å². The van der Waals surface area contributed by atoms with E-state index < -0.39 is 0 Å². The molecule has 0 spiro atoms. The van der Waals surface area contributed by atoms with E-state index in [1.807, 2.05) is 13.0 Å². The number of hydrazine groups is 1. The van der Waals surface area contributed by atoms with Crippen molar-refractivity contribution in [1.82, 2.24) is 14.9 Å². The first-order valence-corrected chi connectivity index (χ1v) is 6.28. The van der Waals surface area contributed by atoms with Crippen molar-refractivity contribution >= 4 is 5.82 Å². The Morgan fingerprint density at radius 3 is 2.82 bits per heavy atom. The van der Waals surface area contributed by atoms with Gasteiger partial charge in [0.05, 0.1) is 6.54 Å². The number of nitrogens with one attached hydrogen (secondary N) is 1. The molecule has 5 nitrogen and oxygen atoms in total. The lowest BCUT2D eigenvalue weighted by Crippen LogP contribution is -2.27. The summed E-state index contributed by atoms with van der Waals surface area (Å²) in [6, 6.07) is 2.60. The molecule has 1 aliphatic rings. The zero-order valence-electron chi connectivity index (χ0n) is 10.6. The number of nitrogens with zero attached hydrogens (tertiary/aromatic N) is 3. The maximum Gasteiger partial charge on any atom is 0.145 e. The molecule has 94 valence electrons. The Morgan fingerprint density at radius 1 is 1.47 bits per heavy atom. The molecule has 0 aliphatic heterocycles. The molecule has 0 atom stereocenters. The predicted molar refractivity (Wildman–Crippen MR) is 68.3 cm³/mol. The summed E-state index contributed by atoms with van der Waals surface area (Å²) in [4.78, 5) is 11.3. The molecule has 0 amide bonds. The Kier molecular flexibility index (Phi) is 3.91. The van der Waals surface area contributed by atoms with E-state index in [0.717, 1.165) is 30.6 Å². The first-order chi connectivity index (χ1) is 8.22. The fraction of sp³-hybridized carbons (Fsp3) is 0.667. The molecular weight excluding hydrogens is 214 g/mol. The van der Waals surface area contributed by atoms with E-state index in [2.05, 4.69) is 27.2 Å². The van der Waals surface area contributed by atoms with Gasteiger partial charge in [-0.05, 0) is 32.7 Å². The minimum absolute atomic E-state index is 0.694. The normalized spacial score (nSPS) is 15.3. The Labute approximate surface area is 102 Å². The van der Waals surface area contributed by atoms with Crippen LogP contribution < -0.4 is 11.3 Å². The van der Waals surface area contributed by atoms with Crippen LogP contribution in [0, 0.1) is 6.92 Å². The monoisotopic (exact) mass is 235 g/mol. The molecule has 0 saturated heterocycles. The van der Waals surface area contributed by atoms with Gasteiger partial charge in [-0.15, -0.1) is 0 Å². The lowest BCUT2D eigenvalue weighted by Gasteiger charge is -2.20. The number of hydrogen-bond acceptors (Lipinski definition) is 5. The standard InChI is InChI=1S/C12H21N5/c1-3-6-17(10-4-5-10)8-12-14-9(2)7-11(15-12)16-13/h7,10H,3-6,8,13H2,1-2H3,(H,14,15,16). The molecule has 1 aromatic heterocycles. The molecule has 17 heavy (non-hydrogen) atoms. The van der Waals surface area contributed by atoms with Gasteiger partial charge in [0.25, 0.3) is 0 Å². The second kappa shape index (κ2) is 5.42. The van der Waals surface area contributed by atoms with Crippen molar-refractivity contribution in [3.05, 3.63) is 17.6 Å². The van der Waals surface area contributed by atoms with Crippen molar-refractivity contribution in [3.8, 4) is 0 Å². The Balaban J connectivity index is 2.07. The van der Waals surface area contributed by atoms with Gasteiger partial charge in [0.15, 0.2) is 0 Å². The first kappa shape index (κ1) is 12.3. The quantitative estimate of drug-likeness (QED) is 0.577. The van der Waals surface area contributed by atoms with E-state index in [1.54, 1.807) is 0 Å². The summed E-state index contributed by atoms with van der Waals surface area (Å²) in [6.07, 6.45) is 3.80. The second-order valence-electron chi connectivity index (χ2n) is 4.66. The van der Waals surface area contributed by atoms with Crippen molar-refractivity contribution in [2.24, 2.45) is 5.84 Å². The van der Waals surface area contributed by atoms with Crippen LogP contribution in [0.1, 0.15) is 37.7 Å². The predicted octanol–water partition coefficient (Wildman–Crippen LogP) is 1.45. The zero-order valence-corrected chi connectivity index (χ0v) is 10.6. The molecule has 0 bridgehead atoms. The fourth-order valence-corrected chi connectivity index (χ4v) is 2.07. The molecule has 2 rings (SSSR count). The van der Waals surface area contributed by atoms with Crippen LogP contribution in [0.5, 0.6) is 0 Å². The summed E-state index contributed by atoms with van der Waals surface area (Å²) in [6.45, 7) is 6.12. The van der Waals surface area contributed by atoms with E-state index in [9.17, 15) is 0 Å². The number of hydrogen-bond donors (Lipinski definition) is 2. The molecule has 1 saturated carbocycles. The largest absolute Gasteiger partial charge is 0.308 e. The summed E-state index contributed by atoms with van der Waals surface area (Å²) in [5, 5.41) is 0. The number of nitrogen functional groups attached to an aromatic ring is 1. The molecule has 1 fully saturated rings. The van der Waals surface area contributed by atoms with Crippen LogP contribution in [-0.4, -0.2) is 27.5 Å². The highest BCUT2D eigenvalue weighted by atomic mass is 15.3. The molecule has 1 aromatic rings. The summed E-state index contributed by atoms with van der Waals surface area (Å²) in [5.41, 5.74) is 3.54. The van der Waals surface area contributed by atoms with E-state index in [4.69, 9.17) is 5.84 Å². The molecule has 5 heteroatoms. The molecule has 0 radical (unpaired) electrons. The van der Waals surface area contributed by atoms with Gasteiger partial charge in [-0.25, -0.2) is 15.8 Å². The number of aromatic nitrogens is 2. The second-order valence-corrected chi connectivity index (χ2v) is 4.66. The Hall–Kier alpha value is -1.20. The lowest BCUT2D eigenvalue weighted by molar-refractivity contribution is 0.249. The molecule has 0 unspecified atom stereocenters. The van der Waals surface area contributed by atoms with Gasteiger partial charge in [-0.3, -0.25) is 4.90 Å². The smallest absolute Gasteiger partial charge is 0.145 e. The van der Waals surface area contributed by atoms with Crippen LogP contribution in [0.15, 0.2) is 6.07 Å². The van der Waals surface area contributed by atoms with Crippen LogP contribution in [0.2, 0.25) is 0 Å². The maximum atomic E-state index is 5.40. The molecular formula is C12H21N5. The third-order valence-electron chi connectivity index (χ3n) is 2.97. The minimum atomic E-state index is 0.694. The van der Waals surface area contributed by atoms with Crippen molar-refractivity contribution < 1.29 is 0 Å². The van der Waals surface area contributed by atoms with Gasteiger partial charge >= 0.3 is 0 Å². The Bertz CT molecular complexity index is 375. The fourth-order valence-electron chi connectivity index (χ4n) is 2.07. The van der Waals surface area contributed by atoms with Gasteiger partial charge in [-0.1, -0.05) is 6.92 Å². The Morgan fingerprint density at radius 2 is 2.24 bits per heavy atom. The highest BCUT2D eigenvalue weighted by Crippen LogP contribution is 2.28. The SMILES string of the molecule is CCCN(Cc1nc(C)cc(NN)n1)C1CC1. The van der Waals surface area contributed by atoms with Crippen molar-refractivity contribution in [2.75, 3.05) is 12.0 Å². The average Bonchev–Trinajstić information content (AvgIpc) is 3.11. The van der Waals surface area contributed by atoms with Gasteiger partial charge in [0.1, 0.15) is 11.6 Å². The van der Waals surface area contributed by atoms with Gasteiger partial charge in [0.2, 0.25) is 0 Å². The number of aryl methyl sites for hydroxylation is 1. The third kappa shape index (κ3) is 3.38. The van der Waals surface area contributed by atoms with Crippen LogP contribution in [0.3, 0.4) is 0 Å². The topological polar surface area (TPSA) is 67.1 Å². The average molecular weight is 235 g/mol. The molecule has 1 aliphatic carbocycles. The van der Waals surface area contributed by atoms with Crippen molar-refractivity contribution in [3.63, 3.8) is 0 Å². The minimum Gasteiger partial charge on any atom is -0.308 e. The van der Waals surface area contributed by atoms with Gasteiger partial charge in [-0.2, -0.15) is 0 Å². The van der Waals surface area contributed by atoms with E-state index in [-0.39, 0.29) is 0 Å². The number of rotatable bonds is 6. The summed E-state index contributed by atoms with van der Waals surface area (Å²) < 4.78 is 0. The lowest BCUT2D eigenvalue weighted by atomic mass is 10.3. The van der Waals surface area contributed by atoms with Gasteiger partial charge < -0.3 is 5.43 Å². The van der Waals surface area contributed by atoms with Crippen molar-refractivity contribution in [1.29, 1.82) is 0 Å². The summed E-state index contributed by atoms with van der Waals surface area (Å²) in [7, 11) is 0. The summed E-state index contributed by atoms with van der Waals surface area (Å²) in [5.74, 6) is 6.95.